The standard InChI is InChI=1S/C26H25FN2O4/c1-4-32-23-7-5-6-19-21-15-20(16-8-11-18(27)12-9-16)28-29(21)26(33-25(19)23)17-10-13-22(30-2)24(14-17)31-3/h5-15,21,26,28H,4H2,1-3H3. The second kappa shape index (κ2) is 8.67. The number of methoxy groups -OCH3 is 2. The number of hydrazine groups is 1. The molecule has 1 N–H and O–H groups in total. The Morgan fingerprint density at radius 1 is 0.970 bits per heavy atom. The van der Waals surface area contributed by atoms with E-state index in [0.29, 0.717) is 29.6 Å². The summed E-state index contributed by atoms with van der Waals surface area (Å²) in [5.74, 6) is 2.39. The van der Waals surface area contributed by atoms with Gasteiger partial charge in [0.15, 0.2) is 29.2 Å². The summed E-state index contributed by atoms with van der Waals surface area (Å²) in [5, 5.41) is 2.04. The molecule has 7 heteroatoms. The highest BCUT2D eigenvalue weighted by molar-refractivity contribution is 5.68. The number of hydrogen-bond donors (Lipinski definition) is 1. The Morgan fingerprint density at radius 2 is 1.76 bits per heavy atom. The first-order valence-electron chi connectivity index (χ1n) is 10.8. The van der Waals surface area contributed by atoms with Gasteiger partial charge in [-0.25, -0.2) is 4.39 Å². The lowest BCUT2D eigenvalue weighted by molar-refractivity contribution is -0.0347. The van der Waals surface area contributed by atoms with Crippen LogP contribution in [0.1, 0.15) is 35.9 Å². The number of benzene rings is 3. The van der Waals surface area contributed by atoms with Crippen LogP contribution in [0.5, 0.6) is 23.0 Å². The number of para-hydroxylation sites is 1. The minimum absolute atomic E-state index is 0.118. The first kappa shape index (κ1) is 21.2. The molecule has 0 fully saturated rings. The van der Waals surface area contributed by atoms with Crippen LogP contribution in [0.15, 0.2) is 66.7 Å². The Morgan fingerprint density at radius 3 is 2.48 bits per heavy atom. The van der Waals surface area contributed by atoms with E-state index in [1.807, 2.05) is 48.3 Å². The normalized spacial score (nSPS) is 19.0. The molecule has 0 aliphatic carbocycles. The predicted octanol–water partition coefficient (Wildman–Crippen LogP) is 5.24. The average Bonchev–Trinajstić information content (AvgIpc) is 3.30. The van der Waals surface area contributed by atoms with Crippen LogP contribution in [-0.4, -0.2) is 25.8 Å². The van der Waals surface area contributed by atoms with Gasteiger partial charge in [0.05, 0.1) is 32.6 Å². The van der Waals surface area contributed by atoms with Crippen molar-refractivity contribution in [2.45, 2.75) is 19.2 Å². The fourth-order valence-electron chi connectivity index (χ4n) is 4.28. The molecular weight excluding hydrogens is 423 g/mol. The molecule has 0 spiro atoms. The predicted molar refractivity (Wildman–Crippen MR) is 123 cm³/mol. The van der Waals surface area contributed by atoms with Crippen LogP contribution in [0.4, 0.5) is 4.39 Å². The molecule has 2 atom stereocenters. The Hall–Kier alpha value is -3.71. The Kier molecular flexibility index (Phi) is 5.56. The van der Waals surface area contributed by atoms with E-state index in [1.54, 1.807) is 26.4 Å². The van der Waals surface area contributed by atoms with Gasteiger partial charge in [-0.05, 0) is 67.1 Å². The van der Waals surface area contributed by atoms with Crippen molar-refractivity contribution in [3.05, 3.63) is 89.2 Å². The number of halogens is 1. The van der Waals surface area contributed by atoms with E-state index >= 15 is 0 Å². The third-order valence-electron chi connectivity index (χ3n) is 5.83. The van der Waals surface area contributed by atoms with E-state index in [-0.39, 0.29) is 11.9 Å². The molecule has 3 aromatic carbocycles. The lowest BCUT2D eigenvalue weighted by Gasteiger charge is -2.39. The van der Waals surface area contributed by atoms with E-state index in [4.69, 9.17) is 18.9 Å². The summed E-state index contributed by atoms with van der Waals surface area (Å²) in [6, 6.07) is 18.0. The molecule has 2 heterocycles. The van der Waals surface area contributed by atoms with Crippen molar-refractivity contribution in [1.29, 1.82) is 0 Å². The van der Waals surface area contributed by atoms with E-state index in [0.717, 1.165) is 22.4 Å². The molecule has 2 aliphatic rings. The van der Waals surface area contributed by atoms with Gasteiger partial charge in [0.2, 0.25) is 0 Å². The Bertz CT molecular complexity index is 1200. The molecule has 3 aromatic rings. The number of nitrogens with zero attached hydrogens (tertiary/aromatic N) is 1. The lowest BCUT2D eigenvalue weighted by atomic mass is 10.00. The van der Waals surface area contributed by atoms with Crippen molar-refractivity contribution in [3.8, 4) is 23.0 Å². The zero-order valence-corrected chi connectivity index (χ0v) is 18.7. The highest BCUT2D eigenvalue weighted by Gasteiger charge is 2.41. The minimum atomic E-state index is -0.474. The topological polar surface area (TPSA) is 52.2 Å². The van der Waals surface area contributed by atoms with Gasteiger partial charge in [0.1, 0.15) is 5.82 Å². The van der Waals surface area contributed by atoms with Crippen LogP contribution in [0.25, 0.3) is 5.70 Å². The maximum absolute atomic E-state index is 13.5. The van der Waals surface area contributed by atoms with Crippen LogP contribution in [0.2, 0.25) is 0 Å². The molecule has 0 saturated heterocycles. The van der Waals surface area contributed by atoms with Crippen LogP contribution in [-0.2, 0) is 0 Å². The third kappa shape index (κ3) is 3.74. The van der Waals surface area contributed by atoms with Crippen molar-refractivity contribution in [2.24, 2.45) is 0 Å². The summed E-state index contributed by atoms with van der Waals surface area (Å²) in [6.45, 7) is 2.48. The third-order valence-corrected chi connectivity index (χ3v) is 5.83. The minimum Gasteiger partial charge on any atom is -0.493 e. The SMILES string of the molecule is CCOc1cccc2c1OC(c1ccc(OC)c(OC)c1)N1NC(c3ccc(F)cc3)=CC21. The number of rotatable bonds is 6. The first-order valence-corrected chi connectivity index (χ1v) is 10.8. The summed E-state index contributed by atoms with van der Waals surface area (Å²) in [6.07, 6.45) is 1.65. The van der Waals surface area contributed by atoms with Crippen molar-refractivity contribution >= 4 is 5.70 Å². The highest BCUT2D eigenvalue weighted by atomic mass is 19.1. The van der Waals surface area contributed by atoms with Crippen molar-refractivity contribution in [2.75, 3.05) is 20.8 Å². The molecule has 0 bridgehead atoms. The highest BCUT2D eigenvalue weighted by Crippen LogP contribution is 2.50. The Labute approximate surface area is 192 Å². The van der Waals surface area contributed by atoms with Gasteiger partial charge in [0.25, 0.3) is 0 Å². The van der Waals surface area contributed by atoms with E-state index in [9.17, 15) is 4.39 Å². The second-order valence-electron chi connectivity index (χ2n) is 7.74. The molecule has 2 aliphatic heterocycles. The van der Waals surface area contributed by atoms with Gasteiger partial charge in [0, 0.05) is 11.1 Å². The smallest absolute Gasteiger partial charge is 0.196 e. The molecule has 170 valence electrons. The van der Waals surface area contributed by atoms with Crippen molar-refractivity contribution < 1.29 is 23.3 Å². The maximum atomic E-state index is 13.5. The summed E-state index contributed by atoms with van der Waals surface area (Å²) in [7, 11) is 3.22. The number of hydrogen-bond acceptors (Lipinski definition) is 6. The fourth-order valence-corrected chi connectivity index (χ4v) is 4.28. The van der Waals surface area contributed by atoms with Gasteiger partial charge in [-0.2, -0.15) is 5.01 Å². The zero-order chi connectivity index (χ0) is 22.9. The molecule has 0 radical (unpaired) electrons. The molecule has 33 heavy (non-hydrogen) atoms. The monoisotopic (exact) mass is 448 g/mol. The first-order chi connectivity index (χ1) is 16.1. The van der Waals surface area contributed by atoms with Crippen LogP contribution < -0.4 is 24.4 Å². The molecule has 2 unspecified atom stereocenters. The van der Waals surface area contributed by atoms with E-state index in [2.05, 4.69) is 11.5 Å². The van der Waals surface area contributed by atoms with Gasteiger partial charge in [-0.15, -0.1) is 0 Å². The Balaban J connectivity index is 1.60. The second-order valence-corrected chi connectivity index (χ2v) is 7.74. The largest absolute Gasteiger partial charge is 0.493 e. The van der Waals surface area contributed by atoms with Crippen LogP contribution in [0, 0.1) is 5.82 Å². The lowest BCUT2D eigenvalue weighted by Crippen LogP contribution is -2.43. The van der Waals surface area contributed by atoms with Crippen LogP contribution in [0.3, 0.4) is 0 Å². The van der Waals surface area contributed by atoms with Gasteiger partial charge in [-0.1, -0.05) is 12.1 Å². The molecule has 0 saturated carbocycles. The van der Waals surface area contributed by atoms with Gasteiger partial charge >= 0.3 is 0 Å². The molecule has 5 rings (SSSR count). The summed E-state index contributed by atoms with van der Waals surface area (Å²) < 4.78 is 36.8. The fraction of sp³-hybridized carbons (Fsp3) is 0.231. The quantitative estimate of drug-likeness (QED) is 0.557. The molecular formula is C26H25FN2O4. The van der Waals surface area contributed by atoms with Crippen molar-refractivity contribution in [1.82, 2.24) is 10.4 Å². The van der Waals surface area contributed by atoms with E-state index < -0.39 is 6.23 Å². The van der Waals surface area contributed by atoms with Gasteiger partial charge < -0.3 is 24.4 Å². The molecule has 6 nitrogen and oxygen atoms in total. The van der Waals surface area contributed by atoms with Gasteiger partial charge in [-0.3, -0.25) is 0 Å². The summed E-state index contributed by atoms with van der Waals surface area (Å²) in [5.41, 5.74) is 7.11. The van der Waals surface area contributed by atoms with E-state index in [1.165, 1.54) is 12.1 Å². The number of ether oxygens (including phenoxy) is 4. The van der Waals surface area contributed by atoms with Crippen LogP contribution >= 0.6 is 0 Å². The average molecular weight is 448 g/mol. The number of fused-ring (bicyclic) bond motifs is 3. The summed E-state index contributed by atoms with van der Waals surface area (Å²) in [4.78, 5) is 0. The molecule has 0 amide bonds. The number of nitrogens with one attached hydrogen (secondary N) is 1. The maximum Gasteiger partial charge on any atom is 0.196 e. The summed E-state index contributed by atoms with van der Waals surface area (Å²) >= 11 is 0. The molecule has 0 aromatic heterocycles. The zero-order valence-electron chi connectivity index (χ0n) is 18.7. The van der Waals surface area contributed by atoms with Crippen molar-refractivity contribution in [3.63, 3.8) is 0 Å².